The van der Waals surface area contributed by atoms with Crippen molar-refractivity contribution in [1.82, 2.24) is 15.1 Å². The first-order valence-electron chi connectivity index (χ1n) is 7.63. The summed E-state index contributed by atoms with van der Waals surface area (Å²) < 4.78 is 8.43. The average Bonchev–Trinajstić information content (AvgIpc) is 3.00. The third-order valence-electron chi connectivity index (χ3n) is 4.56. The molecule has 1 saturated carbocycles. The third kappa shape index (κ3) is 3.00. The fourth-order valence-corrected chi connectivity index (χ4v) is 3.60. The van der Waals surface area contributed by atoms with Crippen LogP contribution < -0.4 is 5.32 Å². The van der Waals surface area contributed by atoms with E-state index in [-0.39, 0.29) is 5.60 Å². The van der Waals surface area contributed by atoms with Crippen molar-refractivity contribution in [3.05, 3.63) is 18.0 Å². The summed E-state index contributed by atoms with van der Waals surface area (Å²) >= 11 is 0. The highest BCUT2D eigenvalue weighted by atomic mass is 16.5. The number of ether oxygens (including phenoxy) is 1. The molecule has 106 valence electrons. The fourth-order valence-electron chi connectivity index (χ4n) is 3.60. The second-order valence-corrected chi connectivity index (χ2v) is 6.12. The van der Waals surface area contributed by atoms with Gasteiger partial charge in [-0.2, -0.15) is 5.10 Å². The molecule has 1 aromatic heterocycles. The van der Waals surface area contributed by atoms with Crippen LogP contribution >= 0.6 is 0 Å². The van der Waals surface area contributed by atoms with Gasteiger partial charge in [0.1, 0.15) is 0 Å². The Morgan fingerprint density at radius 2 is 2.21 bits per heavy atom. The summed E-state index contributed by atoms with van der Waals surface area (Å²) in [4.78, 5) is 0. The van der Waals surface area contributed by atoms with E-state index in [1.807, 2.05) is 17.9 Å². The molecule has 1 N–H and O–H groups in total. The standard InChI is InChI=1S/C15H25N3O/c1-16-9-13-10-17-18(11-13)12-14-5-8-15(19-14)6-3-2-4-7-15/h10-11,14,16H,2-9,12H2,1H3. The van der Waals surface area contributed by atoms with Gasteiger partial charge in [-0.25, -0.2) is 0 Å². The van der Waals surface area contributed by atoms with Crippen LogP contribution in [0.4, 0.5) is 0 Å². The maximum atomic E-state index is 6.39. The van der Waals surface area contributed by atoms with Crippen LogP contribution in [0, 0.1) is 0 Å². The highest BCUT2D eigenvalue weighted by Crippen LogP contribution is 2.42. The Kier molecular flexibility index (Phi) is 3.89. The number of aromatic nitrogens is 2. The predicted octanol–water partition coefficient (Wildman–Crippen LogP) is 2.48. The Balaban J connectivity index is 1.55. The lowest BCUT2D eigenvalue weighted by atomic mass is 9.83. The van der Waals surface area contributed by atoms with E-state index in [1.165, 1.54) is 50.5 Å². The maximum absolute atomic E-state index is 6.39. The molecule has 0 aromatic carbocycles. The highest BCUT2D eigenvalue weighted by molar-refractivity contribution is 5.03. The fraction of sp³-hybridized carbons (Fsp3) is 0.800. The predicted molar refractivity (Wildman–Crippen MR) is 74.9 cm³/mol. The van der Waals surface area contributed by atoms with E-state index < -0.39 is 0 Å². The molecule has 2 heterocycles. The van der Waals surface area contributed by atoms with Crippen LogP contribution in [-0.2, 0) is 17.8 Å². The first-order chi connectivity index (χ1) is 9.30. The number of nitrogens with one attached hydrogen (secondary N) is 1. The Bertz CT molecular complexity index is 409. The van der Waals surface area contributed by atoms with E-state index in [0.29, 0.717) is 6.10 Å². The Morgan fingerprint density at radius 1 is 1.37 bits per heavy atom. The quantitative estimate of drug-likeness (QED) is 0.907. The van der Waals surface area contributed by atoms with E-state index in [9.17, 15) is 0 Å². The molecule has 3 rings (SSSR count). The molecule has 1 spiro atoms. The van der Waals surface area contributed by atoms with Gasteiger partial charge in [-0.05, 0) is 32.7 Å². The van der Waals surface area contributed by atoms with Crippen molar-refractivity contribution in [2.45, 2.75) is 69.7 Å². The molecule has 1 unspecified atom stereocenters. The average molecular weight is 263 g/mol. The van der Waals surface area contributed by atoms with Crippen molar-refractivity contribution in [3.8, 4) is 0 Å². The molecule has 1 aliphatic carbocycles. The first-order valence-corrected chi connectivity index (χ1v) is 7.63. The minimum absolute atomic E-state index is 0.226. The number of rotatable bonds is 4. The topological polar surface area (TPSA) is 39.1 Å². The second-order valence-electron chi connectivity index (χ2n) is 6.12. The molecule has 1 aromatic rings. The van der Waals surface area contributed by atoms with Crippen molar-refractivity contribution in [2.75, 3.05) is 7.05 Å². The van der Waals surface area contributed by atoms with Crippen LogP contribution in [0.25, 0.3) is 0 Å². The van der Waals surface area contributed by atoms with Gasteiger partial charge in [0.05, 0.1) is 24.4 Å². The largest absolute Gasteiger partial charge is 0.370 e. The number of hydrogen-bond donors (Lipinski definition) is 1. The molecule has 19 heavy (non-hydrogen) atoms. The maximum Gasteiger partial charge on any atom is 0.0779 e. The summed E-state index contributed by atoms with van der Waals surface area (Å²) in [5.41, 5.74) is 1.47. The second kappa shape index (κ2) is 5.63. The van der Waals surface area contributed by atoms with E-state index in [1.54, 1.807) is 0 Å². The van der Waals surface area contributed by atoms with Gasteiger partial charge < -0.3 is 10.1 Å². The molecule has 0 radical (unpaired) electrons. The van der Waals surface area contributed by atoms with E-state index in [2.05, 4.69) is 16.6 Å². The zero-order valence-corrected chi connectivity index (χ0v) is 11.9. The van der Waals surface area contributed by atoms with Gasteiger partial charge >= 0.3 is 0 Å². The Hall–Kier alpha value is -0.870. The summed E-state index contributed by atoms with van der Waals surface area (Å²) in [6.07, 6.45) is 13.5. The molecule has 4 nitrogen and oxygen atoms in total. The summed E-state index contributed by atoms with van der Waals surface area (Å²) in [7, 11) is 1.96. The van der Waals surface area contributed by atoms with Crippen molar-refractivity contribution in [2.24, 2.45) is 0 Å². The molecule has 2 fully saturated rings. The summed E-state index contributed by atoms with van der Waals surface area (Å²) in [6, 6.07) is 0. The number of hydrogen-bond acceptors (Lipinski definition) is 3. The smallest absolute Gasteiger partial charge is 0.0779 e. The normalized spacial score (nSPS) is 26.1. The van der Waals surface area contributed by atoms with Crippen molar-refractivity contribution in [1.29, 1.82) is 0 Å². The molecular weight excluding hydrogens is 238 g/mol. The lowest BCUT2D eigenvalue weighted by Gasteiger charge is -2.33. The minimum atomic E-state index is 0.226. The summed E-state index contributed by atoms with van der Waals surface area (Å²) in [5, 5.41) is 7.58. The van der Waals surface area contributed by atoms with Gasteiger partial charge in [0.25, 0.3) is 0 Å². The van der Waals surface area contributed by atoms with E-state index in [4.69, 9.17) is 4.74 Å². The van der Waals surface area contributed by atoms with E-state index >= 15 is 0 Å². The molecule has 1 aliphatic heterocycles. The molecule has 0 bridgehead atoms. The van der Waals surface area contributed by atoms with Crippen molar-refractivity contribution < 1.29 is 4.74 Å². The van der Waals surface area contributed by atoms with Crippen LogP contribution in [0.15, 0.2) is 12.4 Å². The van der Waals surface area contributed by atoms with Gasteiger partial charge in [-0.1, -0.05) is 19.3 Å². The summed E-state index contributed by atoms with van der Waals surface area (Å²) in [6.45, 7) is 1.79. The SMILES string of the molecule is CNCc1cnn(CC2CCC3(CCCCC3)O2)c1. The zero-order chi connectivity index (χ0) is 13.1. The van der Waals surface area contributed by atoms with Crippen LogP contribution in [0.3, 0.4) is 0 Å². The molecule has 1 saturated heterocycles. The van der Waals surface area contributed by atoms with E-state index in [0.717, 1.165) is 13.1 Å². The minimum Gasteiger partial charge on any atom is -0.370 e. The Morgan fingerprint density at radius 3 is 3.00 bits per heavy atom. The molecule has 2 aliphatic rings. The molecule has 0 amide bonds. The van der Waals surface area contributed by atoms with Crippen LogP contribution in [-0.4, -0.2) is 28.5 Å². The van der Waals surface area contributed by atoms with Crippen molar-refractivity contribution in [3.63, 3.8) is 0 Å². The lowest BCUT2D eigenvalue weighted by Crippen LogP contribution is -2.32. The van der Waals surface area contributed by atoms with Crippen molar-refractivity contribution >= 4 is 0 Å². The summed E-state index contributed by atoms with van der Waals surface area (Å²) in [5.74, 6) is 0. The number of nitrogens with zero attached hydrogens (tertiary/aromatic N) is 2. The highest BCUT2D eigenvalue weighted by Gasteiger charge is 2.40. The molecule has 4 heteroatoms. The van der Waals surface area contributed by atoms with Gasteiger partial charge in [0.2, 0.25) is 0 Å². The first kappa shape index (κ1) is 13.1. The van der Waals surface area contributed by atoms with Crippen LogP contribution in [0.2, 0.25) is 0 Å². The van der Waals surface area contributed by atoms with Gasteiger partial charge in [-0.15, -0.1) is 0 Å². The van der Waals surface area contributed by atoms with Crippen LogP contribution in [0.5, 0.6) is 0 Å². The monoisotopic (exact) mass is 263 g/mol. The molecule has 1 atom stereocenters. The third-order valence-corrected chi connectivity index (χ3v) is 4.56. The molecular formula is C15H25N3O. The Labute approximate surface area is 115 Å². The van der Waals surface area contributed by atoms with Gasteiger partial charge in [0.15, 0.2) is 0 Å². The van der Waals surface area contributed by atoms with Gasteiger partial charge in [-0.3, -0.25) is 4.68 Å². The zero-order valence-electron chi connectivity index (χ0n) is 11.9. The van der Waals surface area contributed by atoms with Crippen LogP contribution in [0.1, 0.15) is 50.5 Å². The lowest BCUT2D eigenvalue weighted by molar-refractivity contribution is -0.0688. The van der Waals surface area contributed by atoms with Gasteiger partial charge in [0, 0.05) is 18.3 Å².